The molecule has 0 nitrogen and oxygen atoms in total. The first-order valence-electron chi connectivity index (χ1n) is 5.29. The molecule has 2 unspecified atom stereocenters. The summed E-state index contributed by atoms with van der Waals surface area (Å²) < 4.78 is 0. The molecule has 0 N–H and O–H groups in total. The Morgan fingerprint density at radius 2 is 1.73 bits per heavy atom. The van der Waals surface area contributed by atoms with Crippen LogP contribution in [-0.2, 0) is 0 Å². The second kappa shape index (κ2) is 2.80. The molecule has 0 aromatic carbocycles. The van der Waals surface area contributed by atoms with Gasteiger partial charge in [-0.3, -0.25) is 0 Å². The molecule has 0 radical (unpaired) electrons. The van der Waals surface area contributed by atoms with Crippen molar-refractivity contribution in [2.24, 2.45) is 23.7 Å². The van der Waals surface area contributed by atoms with E-state index in [1.165, 1.54) is 12.8 Å². The van der Waals surface area contributed by atoms with Gasteiger partial charge in [0.05, 0.1) is 0 Å². The van der Waals surface area contributed by atoms with E-state index >= 15 is 0 Å². The first kappa shape index (κ1) is 7.64. The maximum absolute atomic E-state index is 2.41. The molecule has 64 valence electrons. The van der Waals surface area contributed by atoms with Gasteiger partial charge in [0.1, 0.15) is 0 Å². The quantitative estimate of drug-likeness (QED) is 0.568. The summed E-state index contributed by atoms with van der Waals surface area (Å²) in [5.41, 5.74) is 0. The zero-order valence-electron chi connectivity index (χ0n) is 7.84. The van der Waals surface area contributed by atoms with Crippen LogP contribution >= 0.6 is 0 Å². The number of hydrogen-bond acceptors (Lipinski definition) is 0. The molecule has 0 spiro atoms. The molecule has 2 rings (SSSR count). The topological polar surface area (TPSA) is 0 Å². The van der Waals surface area contributed by atoms with Gasteiger partial charge in [-0.05, 0) is 49.4 Å². The lowest BCUT2D eigenvalue weighted by Gasteiger charge is -2.22. The fourth-order valence-electron chi connectivity index (χ4n) is 2.95. The van der Waals surface area contributed by atoms with E-state index in [9.17, 15) is 0 Å². The highest BCUT2D eigenvalue weighted by molar-refractivity contribution is 4.90. The largest absolute Gasteiger partial charge is 0.0625 e. The third-order valence-corrected chi connectivity index (χ3v) is 3.71. The van der Waals surface area contributed by atoms with Crippen LogP contribution in [0.25, 0.3) is 0 Å². The Labute approximate surface area is 70.4 Å². The van der Waals surface area contributed by atoms with Crippen LogP contribution < -0.4 is 0 Å². The third kappa shape index (κ3) is 1.45. The molecule has 0 bridgehead atoms. The normalized spacial score (nSPS) is 38.5. The van der Waals surface area contributed by atoms with E-state index in [-0.39, 0.29) is 0 Å². The molecule has 2 atom stereocenters. The average Bonchev–Trinajstić information content (AvgIpc) is 2.68. The first-order valence-corrected chi connectivity index (χ1v) is 5.29. The lowest BCUT2D eigenvalue weighted by molar-refractivity contribution is 0.268. The fraction of sp³-hybridized carbons (Fsp3) is 1.00. The minimum atomic E-state index is 0.947. The Morgan fingerprint density at radius 1 is 1.00 bits per heavy atom. The van der Waals surface area contributed by atoms with Crippen LogP contribution in [0.5, 0.6) is 0 Å². The molecule has 2 aliphatic rings. The minimum absolute atomic E-state index is 0.947. The molecule has 2 saturated carbocycles. The van der Waals surface area contributed by atoms with Gasteiger partial charge in [0, 0.05) is 0 Å². The summed E-state index contributed by atoms with van der Waals surface area (Å²) in [6, 6.07) is 0. The van der Waals surface area contributed by atoms with Crippen molar-refractivity contribution in [2.45, 2.75) is 46.0 Å². The van der Waals surface area contributed by atoms with Crippen LogP contribution in [0.4, 0.5) is 0 Å². The SMILES string of the molecule is CC(C)C1CCCC1C1CC1. The Balaban J connectivity index is 1.95. The average molecular weight is 152 g/mol. The van der Waals surface area contributed by atoms with Crippen LogP contribution in [0.15, 0.2) is 0 Å². The van der Waals surface area contributed by atoms with E-state index in [0.29, 0.717) is 0 Å². The second-order valence-corrected chi connectivity index (χ2v) is 4.84. The van der Waals surface area contributed by atoms with Gasteiger partial charge in [-0.1, -0.05) is 20.3 Å². The van der Waals surface area contributed by atoms with Gasteiger partial charge in [-0.25, -0.2) is 0 Å². The van der Waals surface area contributed by atoms with Gasteiger partial charge in [0.25, 0.3) is 0 Å². The van der Waals surface area contributed by atoms with Gasteiger partial charge >= 0.3 is 0 Å². The maximum Gasteiger partial charge on any atom is -0.0355 e. The predicted molar refractivity (Wildman–Crippen MR) is 48.4 cm³/mol. The van der Waals surface area contributed by atoms with E-state index in [2.05, 4.69) is 13.8 Å². The molecule has 2 fully saturated rings. The molecular formula is C11H20. The van der Waals surface area contributed by atoms with Crippen molar-refractivity contribution >= 4 is 0 Å². The highest BCUT2D eigenvalue weighted by Crippen LogP contribution is 2.50. The van der Waals surface area contributed by atoms with Crippen molar-refractivity contribution in [1.29, 1.82) is 0 Å². The van der Waals surface area contributed by atoms with Crippen molar-refractivity contribution in [3.05, 3.63) is 0 Å². The summed E-state index contributed by atoms with van der Waals surface area (Å²) in [6.07, 6.45) is 7.69. The summed E-state index contributed by atoms with van der Waals surface area (Å²) in [5.74, 6) is 4.32. The van der Waals surface area contributed by atoms with E-state index in [4.69, 9.17) is 0 Å². The Bertz CT molecular complexity index is 125. The predicted octanol–water partition coefficient (Wildman–Crippen LogP) is 3.47. The van der Waals surface area contributed by atoms with Crippen LogP contribution in [0.2, 0.25) is 0 Å². The fourth-order valence-corrected chi connectivity index (χ4v) is 2.95. The summed E-state index contributed by atoms with van der Waals surface area (Å²) >= 11 is 0. The van der Waals surface area contributed by atoms with Crippen LogP contribution in [0.3, 0.4) is 0 Å². The van der Waals surface area contributed by atoms with Crippen LogP contribution in [0, 0.1) is 23.7 Å². The van der Waals surface area contributed by atoms with Gasteiger partial charge in [-0.15, -0.1) is 0 Å². The van der Waals surface area contributed by atoms with Crippen molar-refractivity contribution in [2.75, 3.05) is 0 Å². The molecule has 11 heavy (non-hydrogen) atoms. The van der Waals surface area contributed by atoms with Crippen molar-refractivity contribution < 1.29 is 0 Å². The van der Waals surface area contributed by atoms with E-state index in [0.717, 1.165) is 23.7 Å². The molecule has 2 aliphatic carbocycles. The maximum atomic E-state index is 2.41. The van der Waals surface area contributed by atoms with E-state index < -0.39 is 0 Å². The number of hydrogen-bond donors (Lipinski definition) is 0. The molecule has 0 saturated heterocycles. The molecule has 0 aliphatic heterocycles. The van der Waals surface area contributed by atoms with Crippen molar-refractivity contribution in [3.8, 4) is 0 Å². The summed E-state index contributed by atoms with van der Waals surface area (Å²) in [5, 5.41) is 0. The molecule has 0 heterocycles. The van der Waals surface area contributed by atoms with Gasteiger partial charge in [0.2, 0.25) is 0 Å². The van der Waals surface area contributed by atoms with Crippen molar-refractivity contribution in [3.63, 3.8) is 0 Å². The smallest absolute Gasteiger partial charge is 0.0355 e. The zero-order valence-corrected chi connectivity index (χ0v) is 7.84. The monoisotopic (exact) mass is 152 g/mol. The lowest BCUT2D eigenvalue weighted by Crippen LogP contribution is -2.15. The van der Waals surface area contributed by atoms with Gasteiger partial charge in [-0.2, -0.15) is 0 Å². The summed E-state index contributed by atoms with van der Waals surface area (Å²) in [4.78, 5) is 0. The summed E-state index contributed by atoms with van der Waals surface area (Å²) in [7, 11) is 0. The standard InChI is InChI=1S/C11H20/c1-8(2)10-4-3-5-11(10)9-6-7-9/h8-11H,3-7H2,1-2H3. The Morgan fingerprint density at radius 3 is 2.27 bits per heavy atom. The van der Waals surface area contributed by atoms with Gasteiger partial charge in [0.15, 0.2) is 0 Å². The number of rotatable bonds is 2. The summed E-state index contributed by atoms with van der Waals surface area (Å²) in [6.45, 7) is 4.82. The highest BCUT2D eigenvalue weighted by atomic mass is 14.4. The van der Waals surface area contributed by atoms with Gasteiger partial charge < -0.3 is 0 Å². The third-order valence-electron chi connectivity index (χ3n) is 3.71. The minimum Gasteiger partial charge on any atom is -0.0625 e. The highest BCUT2D eigenvalue weighted by Gasteiger charge is 2.39. The molecule has 0 aromatic rings. The van der Waals surface area contributed by atoms with Crippen molar-refractivity contribution in [1.82, 2.24) is 0 Å². The van der Waals surface area contributed by atoms with E-state index in [1.54, 1.807) is 19.3 Å². The molecule has 0 aromatic heterocycles. The first-order chi connectivity index (χ1) is 5.29. The molecule has 0 heteroatoms. The van der Waals surface area contributed by atoms with Crippen LogP contribution in [-0.4, -0.2) is 0 Å². The van der Waals surface area contributed by atoms with Crippen LogP contribution in [0.1, 0.15) is 46.0 Å². The molecule has 0 amide bonds. The second-order valence-electron chi connectivity index (χ2n) is 4.84. The zero-order chi connectivity index (χ0) is 7.84. The Hall–Kier alpha value is 0. The Kier molecular flexibility index (Phi) is 1.95. The lowest BCUT2D eigenvalue weighted by atomic mass is 9.83. The molecular weight excluding hydrogens is 132 g/mol. The van der Waals surface area contributed by atoms with E-state index in [1.807, 2.05) is 0 Å².